The van der Waals surface area contributed by atoms with Crippen LogP contribution >= 0.6 is 0 Å². The maximum Gasteiger partial charge on any atom is 0.260 e. The minimum atomic E-state index is -0.366. The molecule has 8 heteroatoms. The Morgan fingerprint density at radius 2 is 1.67 bits per heavy atom. The third kappa shape index (κ3) is 3.98. The van der Waals surface area contributed by atoms with Gasteiger partial charge in [0.2, 0.25) is 11.7 Å². The zero-order chi connectivity index (χ0) is 21.3. The van der Waals surface area contributed by atoms with Crippen LogP contribution in [0.3, 0.4) is 0 Å². The largest absolute Gasteiger partial charge is 0.339 e. The van der Waals surface area contributed by atoms with Crippen molar-refractivity contribution in [3.63, 3.8) is 0 Å². The standard InChI is InChI=1S/C22H18F2N4O2/c1-13-11-19(22-26-21(27-30-22)15-3-5-16(23)6-4-15)14(2)28(13)12-20(29)25-18-9-7-17(24)8-10-18/h3-11H,12H2,1-2H3,(H,25,29). The molecular weight excluding hydrogens is 390 g/mol. The van der Waals surface area contributed by atoms with Crippen LogP contribution in [0.2, 0.25) is 0 Å². The zero-order valence-electron chi connectivity index (χ0n) is 16.3. The van der Waals surface area contributed by atoms with E-state index in [4.69, 9.17) is 4.52 Å². The summed E-state index contributed by atoms with van der Waals surface area (Å²) in [6, 6.07) is 13.3. The fraction of sp³-hybridized carbons (Fsp3) is 0.136. The normalized spacial score (nSPS) is 10.9. The molecule has 0 radical (unpaired) electrons. The van der Waals surface area contributed by atoms with E-state index in [-0.39, 0.29) is 24.1 Å². The van der Waals surface area contributed by atoms with Gasteiger partial charge in [0, 0.05) is 22.6 Å². The Morgan fingerprint density at radius 1 is 1.03 bits per heavy atom. The van der Waals surface area contributed by atoms with Crippen LogP contribution in [0.25, 0.3) is 22.8 Å². The van der Waals surface area contributed by atoms with E-state index < -0.39 is 0 Å². The van der Waals surface area contributed by atoms with Gasteiger partial charge >= 0.3 is 0 Å². The highest BCUT2D eigenvalue weighted by molar-refractivity contribution is 5.90. The Balaban J connectivity index is 1.54. The summed E-state index contributed by atoms with van der Waals surface area (Å²) in [5.74, 6) is -0.289. The molecule has 0 aliphatic carbocycles. The lowest BCUT2D eigenvalue weighted by atomic mass is 10.2. The number of hydrogen-bond donors (Lipinski definition) is 1. The van der Waals surface area contributed by atoms with Crippen molar-refractivity contribution in [2.75, 3.05) is 5.32 Å². The Kier molecular flexibility index (Phi) is 5.14. The van der Waals surface area contributed by atoms with Crippen LogP contribution < -0.4 is 5.32 Å². The first-order valence-electron chi connectivity index (χ1n) is 9.23. The topological polar surface area (TPSA) is 73.0 Å². The maximum absolute atomic E-state index is 13.1. The lowest BCUT2D eigenvalue weighted by molar-refractivity contribution is -0.116. The highest BCUT2D eigenvalue weighted by atomic mass is 19.1. The third-order valence-electron chi connectivity index (χ3n) is 4.76. The number of aromatic nitrogens is 3. The molecule has 0 fully saturated rings. The van der Waals surface area contributed by atoms with Gasteiger partial charge in [-0.15, -0.1) is 0 Å². The Hall–Kier alpha value is -3.81. The van der Waals surface area contributed by atoms with Crippen molar-refractivity contribution < 1.29 is 18.1 Å². The number of anilines is 1. The molecular formula is C22H18F2N4O2. The van der Waals surface area contributed by atoms with Crippen molar-refractivity contribution in [3.05, 3.63) is 77.6 Å². The van der Waals surface area contributed by atoms with Crippen LogP contribution in [0.5, 0.6) is 0 Å². The molecule has 0 bridgehead atoms. The van der Waals surface area contributed by atoms with Crippen LogP contribution in [-0.2, 0) is 11.3 Å². The Labute approximate surface area is 171 Å². The third-order valence-corrected chi connectivity index (χ3v) is 4.76. The molecule has 4 aromatic rings. The molecule has 0 aliphatic rings. The van der Waals surface area contributed by atoms with Crippen molar-refractivity contribution in [2.45, 2.75) is 20.4 Å². The summed E-state index contributed by atoms with van der Waals surface area (Å²) in [4.78, 5) is 16.8. The van der Waals surface area contributed by atoms with Gasteiger partial charge in [-0.3, -0.25) is 4.79 Å². The highest BCUT2D eigenvalue weighted by Crippen LogP contribution is 2.28. The average molecular weight is 408 g/mol. The monoisotopic (exact) mass is 408 g/mol. The van der Waals surface area contributed by atoms with E-state index in [9.17, 15) is 13.6 Å². The number of carbonyl (C=O) groups is 1. The molecule has 1 amide bonds. The van der Waals surface area contributed by atoms with Gasteiger partial charge < -0.3 is 14.4 Å². The number of aryl methyl sites for hydroxylation is 1. The fourth-order valence-electron chi connectivity index (χ4n) is 3.19. The quantitative estimate of drug-likeness (QED) is 0.518. The van der Waals surface area contributed by atoms with E-state index in [1.54, 1.807) is 12.1 Å². The van der Waals surface area contributed by atoms with Gasteiger partial charge in [-0.2, -0.15) is 4.98 Å². The van der Waals surface area contributed by atoms with Gasteiger partial charge in [0.15, 0.2) is 0 Å². The SMILES string of the molecule is Cc1cc(-c2nc(-c3ccc(F)cc3)no2)c(C)n1CC(=O)Nc1ccc(F)cc1. The molecule has 2 aromatic carbocycles. The summed E-state index contributed by atoms with van der Waals surface area (Å²) >= 11 is 0. The van der Waals surface area contributed by atoms with Crippen molar-refractivity contribution in [1.82, 2.24) is 14.7 Å². The molecule has 0 aliphatic heterocycles. The second-order valence-corrected chi connectivity index (χ2v) is 6.86. The fourth-order valence-corrected chi connectivity index (χ4v) is 3.19. The molecule has 0 spiro atoms. The molecule has 2 heterocycles. The number of nitrogens with one attached hydrogen (secondary N) is 1. The van der Waals surface area contributed by atoms with E-state index in [0.29, 0.717) is 28.5 Å². The van der Waals surface area contributed by atoms with E-state index in [0.717, 1.165) is 11.4 Å². The van der Waals surface area contributed by atoms with Gasteiger partial charge in [0.1, 0.15) is 18.2 Å². The van der Waals surface area contributed by atoms with E-state index in [1.165, 1.54) is 36.4 Å². The molecule has 30 heavy (non-hydrogen) atoms. The van der Waals surface area contributed by atoms with Crippen molar-refractivity contribution in [1.29, 1.82) is 0 Å². The molecule has 0 unspecified atom stereocenters. The number of carbonyl (C=O) groups excluding carboxylic acids is 1. The zero-order valence-corrected chi connectivity index (χ0v) is 16.3. The Bertz CT molecular complexity index is 1200. The molecule has 2 aromatic heterocycles. The number of halogens is 2. The van der Waals surface area contributed by atoms with E-state index in [1.807, 2.05) is 24.5 Å². The lowest BCUT2D eigenvalue weighted by Crippen LogP contribution is -2.20. The van der Waals surface area contributed by atoms with Crippen molar-refractivity contribution >= 4 is 11.6 Å². The van der Waals surface area contributed by atoms with Gasteiger partial charge in [-0.05, 0) is 68.4 Å². The van der Waals surface area contributed by atoms with Gasteiger partial charge in [-0.25, -0.2) is 8.78 Å². The molecule has 0 saturated heterocycles. The van der Waals surface area contributed by atoms with E-state index in [2.05, 4.69) is 15.5 Å². The van der Waals surface area contributed by atoms with Crippen LogP contribution in [0.4, 0.5) is 14.5 Å². The van der Waals surface area contributed by atoms with Crippen molar-refractivity contribution in [3.8, 4) is 22.8 Å². The highest BCUT2D eigenvalue weighted by Gasteiger charge is 2.19. The number of rotatable bonds is 5. The number of amides is 1. The van der Waals surface area contributed by atoms with Crippen LogP contribution in [0, 0.1) is 25.5 Å². The summed E-state index contributed by atoms with van der Waals surface area (Å²) in [6.07, 6.45) is 0. The maximum atomic E-state index is 13.1. The van der Waals surface area contributed by atoms with Gasteiger partial charge in [0.25, 0.3) is 5.89 Å². The van der Waals surface area contributed by atoms with Crippen LogP contribution in [-0.4, -0.2) is 20.6 Å². The first-order chi connectivity index (χ1) is 14.4. The predicted molar refractivity (Wildman–Crippen MR) is 108 cm³/mol. The summed E-state index contributed by atoms with van der Waals surface area (Å²) in [7, 11) is 0. The smallest absolute Gasteiger partial charge is 0.260 e. The van der Waals surface area contributed by atoms with E-state index >= 15 is 0 Å². The summed E-state index contributed by atoms with van der Waals surface area (Å²) in [5.41, 5.74) is 3.50. The molecule has 4 rings (SSSR count). The lowest BCUT2D eigenvalue weighted by Gasteiger charge is -2.10. The number of benzene rings is 2. The van der Waals surface area contributed by atoms with Crippen LogP contribution in [0.1, 0.15) is 11.4 Å². The summed E-state index contributed by atoms with van der Waals surface area (Å²) in [6.45, 7) is 3.81. The average Bonchev–Trinajstić information content (AvgIpc) is 3.31. The Morgan fingerprint density at radius 3 is 2.33 bits per heavy atom. The minimum absolute atomic E-state index is 0.0774. The summed E-state index contributed by atoms with van der Waals surface area (Å²) < 4.78 is 33.4. The molecule has 0 saturated carbocycles. The number of nitrogens with zero attached hydrogens (tertiary/aromatic N) is 3. The minimum Gasteiger partial charge on any atom is -0.339 e. The van der Waals surface area contributed by atoms with Gasteiger partial charge in [0.05, 0.1) is 5.56 Å². The summed E-state index contributed by atoms with van der Waals surface area (Å²) in [5, 5.41) is 6.71. The predicted octanol–water partition coefficient (Wildman–Crippen LogP) is 4.74. The van der Waals surface area contributed by atoms with Gasteiger partial charge in [-0.1, -0.05) is 5.16 Å². The molecule has 152 valence electrons. The molecule has 0 atom stereocenters. The first-order valence-corrected chi connectivity index (χ1v) is 9.23. The molecule has 6 nitrogen and oxygen atoms in total. The second-order valence-electron chi connectivity index (χ2n) is 6.86. The first kappa shape index (κ1) is 19.5. The van der Waals surface area contributed by atoms with Crippen LogP contribution in [0.15, 0.2) is 59.1 Å². The second kappa shape index (κ2) is 7.90. The molecule has 1 N–H and O–H groups in total. The number of hydrogen-bond acceptors (Lipinski definition) is 4. The van der Waals surface area contributed by atoms with Crippen molar-refractivity contribution in [2.24, 2.45) is 0 Å².